The van der Waals surface area contributed by atoms with Crippen molar-refractivity contribution in [2.45, 2.75) is 19.5 Å². The van der Waals surface area contributed by atoms with Crippen molar-refractivity contribution in [3.63, 3.8) is 0 Å². The van der Waals surface area contributed by atoms with Crippen molar-refractivity contribution in [3.05, 3.63) is 83.4 Å². The largest absolute Gasteiger partial charge is 0.341 e. The van der Waals surface area contributed by atoms with Gasteiger partial charge in [0.05, 0.1) is 6.54 Å². The fourth-order valence-corrected chi connectivity index (χ4v) is 2.83. The number of aromatic nitrogens is 3. The molecule has 1 amide bonds. The number of amides is 1. The van der Waals surface area contributed by atoms with Gasteiger partial charge in [-0.15, -0.1) is 0 Å². The summed E-state index contributed by atoms with van der Waals surface area (Å²) in [6.07, 6.45) is 0. The van der Waals surface area contributed by atoms with Crippen LogP contribution in [-0.2, 0) is 11.3 Å². The summed E-state index contributed by atoms with van der Waals surface area (Å²) < 4.78 is 0. The van der Waals surface area contributed by atoms with E-state index in [2.05, 4.69) is 32.6 Å². The van der Waals surface area contributed by atoms with Gasteiger partial charge in [0.25, 0.3) is 0 Å². The van der Waals surface area contributed by atoms with Gasteiger partial charge in [0.2, 0.25) is 5.91 Å². The second-order valence-electron chi connectivity index (χ2n) is 6.35. The van der Waals surface area contributed by atoms with Crippen LogP contribution in [0.4, 0.5) is 0 Å². The molecule has 0 fully saturated rings. The summed E-state index contributed by atoms with van der Waals surface area (Å²) in [7, 11) is 1.93. The number of likely N-dealkylation sites (N-methyl/N-ethyl adjacent to an activating group) is 1. The Kier molecular flexibility index (Phi) is 5.76. The second-order valence-corrected chi connectivity index (χ2v) is 6.35. The highest BCUT2D eigenvalue weighted by Crippen LogP contribution is 2.18. The topological polar surface area (TPSA) is 73.9 Å². The van der Waals surface area contributed by atoms with Crippen LogP contribution in [0.25, 0.3) is 0 Å². The number of nitrogens with one attached hydrogen (secondary N) is 2. The Morgan fingerprint density at radius 2 is 1.77 bits per heavy atom. The zero-order chi connectivity index (χ0) is 18.4. The molecule has 0 bridgehead atoms. The summed E-state index contributed by atoms with van der Waals surface area (Å²) in [4.78, 5) is 19.0. The van der Waals surface area contributed by atoms with Crippen LogP contribution in [0.15, 0.2) is 60.7 Å². The molecule has 6 heteroatoms. The SMILES string of the molecule is Cc1nc([C@@H](NC(=O)CN(C)Cc2ccccc2)c2ccccc2)n[nH]1. The molecule has 0 spiro atoms. The number of benzene rings is 2. The van der Waals surface area contributed by atoms with Crippen LogP contribution < -0.4 is 5.32 Å². The van der Waals surface area contributed by atoms with E-state index in [-0.39, 0.29) is 11.9 Å². The zero-order valence-electron chi connectivity index (χ0n) is 15.0. The maximum absolute atomic E-state index is 12.6. The minimum absolute atomic E-state index is 0.0697. The smallest absolute Gasteiger partial charge is 0.235 e. The van der Waals surface area contributed by atoms with E-state index in [9.17, 15) is 4.79 Å². The van der Waals surface area contributed by atoms with Crippen LogP contribution in [0.2, 0.25) is 0 Å². The lowest BCUT2D eigenvalue weighted by Crippen LogP contribution is -2.37. The quantitative estimate of drug-likeness (QED) is 0.687. The van der Waals surface area contributed by atoms with Crippen molar-refractivity contribution in [2.24, 2.45) is 0 Å². The molecule has 0 unspecified atom stereocenters. The first kappa shape index (κ1) is 17.8. The van der Waals surface area contributed by atoms with Gasteiger partial charge in [-0.05, 0) is 25.1 Å². The van der Waals surface area contributed by atoms with Crippen LogP contribution in [0.3, 0.4) is 0 Å². The van der Waals surface area contributed by atoms with E-state index in [0.717, 1.165) is 11.4 Å². The molecule has 1 heterocycles. The molecule has 2 N–H and O–H groups in total. The number of carbonyl (C=O) groups excluding carboxylic acids is 1. The fraction of sp³-hybridized carbons (Fsp3) is 0.250. The Balaban J connectivity index is 1.67. The Bertz CT molecular complexity index is 832. The average Bonchev–Trinajstić information content (AvgIpc) is 3.07. The monoisotopic (exact) mass is 349 g/mol. The van der Waals surface area contributed by atoms with E-state index >= 15 is 0 Å². The van der Waals surface area contributed by atoms with Crippen molar-refractivity contribution in [1.82, 2.24) is 25.4 Å². The van der Waals surface area contributed by atoms with Gasteiger partial charge in [-0.1, -0.05) is 60.7 Å². The minimum atomic E-state index is -0.376. The predicted molar refractivity (Wildman–Crippen MR) is 100 cm³/mol. The van der Waals surface area contributed by atoms with Gasteiger partial charge in [0, 0.05) is 6.54 Å². The molecular weight excluding hydrogens is 326 g/mol. The molecule has 0 saturated carbocycles. The Morgan fingerprint density at radius 1 is 1.12 bits per heavy atom. The van der Waals surface area contributed by atoms with E-state index in [1.54, 1.807) is 0 Å². The molecule has 0 aliphatic carbocycles. The molecule has 0 radical (unpaired) electrons. The van der Waals surface area contributed by atoms with Gasteiger partial charge in [-0.3, -0.25) is 14.8 Å². The first-order chi connectivity index (χ1) is 12.6. The molecular formula is C20H23N5O. The van der Waals surface area contributed by atoms with Crippen LogP contribution >= 0.6 is 0 Å². The lowest BCUT2D eigenvalue weighted by molar-refractivity contribution is -0.122. The third-order valence-corrected chi connectivity index (χ3v) is 4.02. The molecule has 0 saturated heterocycles. The summed E-state index contributed by atoms with van der Waals surface area (Å²) in [6.45, 7) is 2.85. The molecule has 0 aliphatic rings. The highest BCUT2D eigenvalue weighted by molar-refractivity contribution is 5.78. The van der Waals surface area contributed by atoms with Crippen molar-refractivity contribution in [1.29, 1.82) is 0 Å². The summed E-state index contributed by atoms with van der Waals surface area (Å²) in [5, 5.41) is 10.1. The third-order valence-electron chi connectivity index (χ3n) is 4.02. The van der Waals surface area contributed by atoms with Gasteiger partial charge in [-0.2, -0.15) is 5.10 Å². The molecule has 26 heavy (non-hydrogen) atoms. The van der Waals surface area contributed by atoms with Crippen molar-refractivity contribution in [3.8, 4) is 0 Å². The lowest BCUT2D eigenvalue weighted by atomic mass is 10.1. The number of nitrogens with zero attached hydrogens (tertiary/aromatic N) is 3. The normalized spacial score (nSPS) is 12.1. The van der Waals surface area contributed by atoms with Crippen molar-refractivity contribution >= 4 is 5.91 Å². The fourth-order valence-electron chi connectivity index (χ4n) is 2.83. The third kappa shape index (κ3) is 4.77. The van der Waals surface area contributed by atoms with Crippen molar-refractivity contribution in [2.75, 3.05) is 13.6 Å². The maximum Gasteiger partial charge on any atom is 0.235 e. The first-order valence-corrected chi connectivity index (χ1v) is 8.57. The summed E-state index contributed by atoms with van der Waals surface area (Å²) >= 11 is 0. The zero-order valence-corrected chi connectivity index (χ0v) is 15.0. The standard InChI is InChI=1S/C20H23N5O/c1-15-21-20(24-23-15)19(17-11-7-4-8-12-17)22-18(26)14-25(2)13-16-9-5-3-6-10-16/h3-12,19H,13-14H2,1-2H3,(H,22,26)(H,21,23,24)/t19-/m0/s1. The molecule has 2 aromatic carbocycles. The van der Waals surface area contributed by atoms with E-state index in [1.165, 1.54) is 5.56 Å². The lowest BCUT2D eigenvalue weighted by Gasteiger charge is -2.20. The van der Waals surface area contributed by atoms with Gasteiger partial charge in [0.1, 0.15) is 11.9 Å². The summed E-state index contributed by atoms with van der Waals surface area (Å²) in [6, 6.07) is 19.5. The molecule has 1 aromatic heterocycles. The number of H-pyrrole nitrogens is 1. The van der Waals surface area contributed by atoms with E-state index in [1.807, 2.05) is 67.4 Å². The molecule has 3 rings (SSSR count). The Morgan fingerprint density at radius 3 is 2.38 bits per heavy atom. The number of rotatable bonds is 7. The number of hydrogen-bond donors (Lipinski definition) is 2. The van der Waals surface area contributed by atoms with Gasteiger partial charge in [-0.25, -0.2) is 4.98 Å². The van der Waals surface area contributed by atoms with Gasteiger partial charge < -0.3 is 5.32 Å². The van der Waals surface area contributed by atoms with E-state index in [4.69, 9.17) is 0 Å². The average molecular weight is 349 g/mol. The van der Waals surface area contributed by atoms with Crippen LogP contribution in [0.5, 0.6) is 0 Å². The summed E-state index contributed by atoms with van der Waals surface area (Å²) in [5.74, 6) is 1.21. The maximum atomic E-state index is 12.6. The highest BCUT2D eigenvalue weighted by Gasteiger charge is 2.21. The Labute approximate surface area is 153 Å². The highest BCUT2D eigenvalue weighted by atomic mass is 16.2. The van der Waals surface area contributed by atoms with E-state index in [0.29, 0.717) is 18.9 Å². The van der Waals surface area contributed by atoms with Crippen molar-refractivity contribution < 1.29 is 4.79 Å². The molecule has 6 nitrogen and oxygen atoms in total. The number of aromatic amines is 1. The molecule has 134 valence electrons. The number of hydrogen-bond acceptors (Lipinski definition) is 4. The number of aryl methyl sites for hydroxylation is 1. The molecule has 3 aromatic rings. The molecule has 1 atom stereocenters. The van der Waals surface area contributed by atoms with Crippen LogP contribution in [0, 0.1) is 6.92 Å². The van der Waals surface area contributed by atoms with Crippen LogP contribution in [0.1, 0.15) is 28.8 Å². The van der Waals surface area contributed by atoms with Crippen LogP contribution in [-0.4, -0.2) is 39.6 Å². The minimum Gasteiger partial charge on any atom is -0.341 e. The van der Waals surface area contributed by atoms with E-state index < -0.39 is 0 Å². The van der Waals surface area contributed by atoms with Gasteiger partial charge in [0.15, 0.2) is 5.82 Å². The second kappa shape index (κ2) is 8.40. The first-order valence-electron chi connectivity index (χ1n) is 8.57. The number of carbonyl (C=O) groups is 1. The Hall–Kier alpha value is -2.99. The molecule has 0 aliphatic heterocycles. The predicted octanol–water partition coefficient (Wildman–Crippen LogP) is 2.45. The summed E-state index contributed by atoms with van der Waals surface area (Å²) in [5.41, 5.74) is 2.12. The van der Waals surface area contributed by atoms with Gasteiger partial charge >= 0.3 is 0 Å².